The van der Waals surface area contributed by atoms with Crippen LogP contribution in [0.4, 0.5) is 87.4 Å². The van der Waals surface area contributed by atoms with Crippen molar-refractivity contribution in [2.24, 2.45) is 39.9 Å². The first-order valence-electron chi connectivity index (χ1n) is 40.7. The van der Waals surface area contributed by atoms with Crippen LogP contribution in [0.2, 0.25) is 0 Å². The number of aromatic nitrogens is 5. The molecule has 0 atom stereocenters. The topological polar surface area (TPSA) is 382 Å². The van der Waals surface area contributed by atoms with Crippen molar-refractivity contribution in [1.82, 2.24) is 22.8 Å². The number of carbonyl (C=O) groups is 4. The number of carbonyl (C=O) groups excluding carboxylic acids is 4. The van der Waals surface area contributed by atoms with Crippen LogP contribution in [0.5, 0.6) is 5.88 Å². The Morgan fingerprint density at radius 3 is 0.928 bits per heavy atom. The summed E-state index contributed by atoms with van der Waals surface area (Å²) in [6.45, 7) is 24.5. The Labute approximate surface area is 719 Å². The van der Waals surface area contributed by atoms with Gasteiger partial charge in [-0.25, -0.2) is 61.2 Å². The van der Waals surface area contributed by atoms with E-state index in [4.69, 9.17) is 18.9 Å². The van der Waals surface area contributed by atoms with Crippen molar-refractivity contribution in [1.29, 1.82) is 0 Å². The number of nitrogens with one attached hydrogen (secondary N) is 4. The maximum absolute atomic E-state index is 16.1. The zero-order valence-electron chi connectivity index (χ0n) is 71.6. The molecule has 2 aromatic heterocycles. The van der Waals surface area contributed by atoms with Gasteiger partial charge < -0.3 is 24.1 Å². The first-order valence-corrected chi connectivity index (χ1v) is 40.7. The molecule has 11 aromatic rings. The average Bonchev–Trinajstić information content (AvgIpc) is 0.732. The molecule has 31 heteroatoms. The van der Waals surface area contributed by atoms with Crippen LogP contribution >= 0.6 is 0 Å². The molecule has 0 radical (unpaired) electrons. The Kier molecular flexibility index (Phi) is 30.4. The van der Waals surface area contributed by atoms with Crippen molar-refractivity contribution in [3.05, 3.63) is 266 Å². The van der Waals surface area contributed by atoms with Crippen LogP contribution in [0.25, 0.3) is 39.6 Å². The average molecular weight is 1690 g/mol. The molecule has 0 saturated carbocycles. The second-order valence-electron chi connectivity index (χ2n) is 29.4. The lowest BCUT2D eigenvalue weighted by Crippen LogP contribution is -2.52. The Morgan fingerprint density at radius 1 is 0.312 bits per heavy atom. The van der Waals surface area contributed by atoms with E-state index in [2.05, 4.69) is 85.2 Å². The summed E-state index contributed by atoms with van der Waals surface area (Å²) in [4.78, 5) is 166. The first-order chi connectivity index (χ1) is 60.2. The zero-order chi connectivity index (χ0) is 89.5. The first kappa shape index (κ1) is 90.2. The quantitative estimate of drug-likeness (QED) is 0.0159. The molecule has 640 valence electrons. The van der Waals surface area contributed by atoms with E-state index in [0.29, 0.717) is 98.0 Å². The molecular weight excluding hydrogens is 1590 g/mol. The molecule has 0 unspecified atom stereocenters. The van der Waals surface area contributed by atoms with Crippen molar-refractivity contribution >= 4 is 117 Å². The lowest BCUT2D eigenvalue weighted by Gasteiger charge is -2.20. The number of aryl methyl sites for hydroxylation is 9. The van der Waals surface area contributed by atoms with Gasteiger partial charge in [-0.3, -0.25) is 26.1 Å². The van der Waals surface area contributed by atoms with Crippen molar-refractivity contribution in [2.45, 2.75) is 141 Å². The van der Waals surface area contributed by atoms with Gasteiger partial charge in [-0.05, 0) is 253 Å². The van der Waals surface area contributed by atoms with Gasteiger partial charge in [0, 0.05) is 22.7 Å². The van der Waals surface area contributed by atoms with Gasteiger partial charge in [-0.1, -0.05) is 108 Å². The molecule has 0 saturated heterocycles. The predicted molar refractivity (Wildman–Crippen MR) is 486 cm³/mol. The maximum Gasteiger partial charge on any atom is 0.411 e. The summed E-state index contributed by atoms with van der Waals surface area (Å²) in [5, 5.41) is 24.2. The lowest BCUT2D eigenvalue weighted by molar-refractivity contribution is 0.159. The standard InChI is InChI=1S/C94H95N17O14/c1-14-18-40-122-87(114)103-78-45-67(32-23-60(78)8)96-53-95-66-31-22-57(5)75(44-66)84-85(112)110(82-49-71(36-27-64(82)12)98-54-97-68-33-24-61(9)79(46-68)104-88(115)123-41-19-15-2)94(121)111(86(84)113)83-52-74(39-30-65(83)13)109-92(119)107(72-37-28-58(6)76(50-72)101-55-99-69-34-25-62(10)80(47-69)105-89(116)124-42-20-16-3)91(118)108(93(109)120)73-38-29-59(7)77(51-73)102-56-100-70-35-26-63(11)81(48-70)106-90(117)125-43-21-17-4/h22-39,44-52,113H,14-21,40-43H2,1-13H3,(H,103,114)(H,104,115)(H,105,116)(H,106,117). The summed E-state index contributed by atoms with van der Waals surface area (Å²) in [6, 6.07) is 53.6. The number of nitrogens with zero attached hydrogens (tertiary/aromatic N) is 13. The van der Waals surface area contributed by atoms with E-state index in [0.717, 1.165) is 66.2 Å². The summed E-state index contributed by atoms with van der Waals surface area (Å²) in [5.74, 6) is -0.895. The molecule has 31 nitrogen and oxygen atoms in total. The third-order valence-corrected chi connectivity index (χ3v) is 20.1. The number of rotatable bonds is 30. The minimum atomic E-state index is -1.22. The van der Waals surface area contributed by atoms with Crippen LogP contribution in [0, 0.1) is 62.3 Å². The Morgan fingerprint density at radius 2 is 0.584 bits per heavy atom. The second kappa shape index (κ2) is 42.1. The highest BCUT2D eigenvalue weighted by Gasteiger charge is 2.28. The molecule has 4 amide bonds. The monoisotopic (exact) mass is 1690 g/mol. The third kappa shape index (κ3) is 22.6. The molecule has 0 aliphatic heterocycles. The summed E-state index contributed by atoms with van der Waals surface area (Å²) in [5.41, 5.74) is 2.21. The molecular formula is C94H95N17O14. The molecule has 0 aliphatic rings. The minimum Gasteiger partial charge on any atom is -0.494 e. The Bertz CT molecular complexity index is 6440. The fourth-order valence-electron chi connectivity index (χ4n) is 12.7. The van der Waals surface area contributed by atoms with Crippen molar-refractivity contribution in [2.75, 3.05) is 47.7 Å². The molecule has 5 N–H and O–H groups in total. The van der Waals surface area contributed by atoms with Crippen molar-refractivity contribution in [3.8, 4) is 45.4 Å². The van der Waals surface area contributed by atoms with Crippen LogP contribution in [-0.4, -0.2) is 103 Å². The Hall–Kier alpha value is -15.5. The number of ether oxygens (including phenoxy) is 4. The van der Waals surface area contributed by atoms with E-state index in [9.17, 15) is 24.3 Å². The lowest BCUT2D eigenvalue weighted by atomic mass is 10.0. The van der Waals surface area contributed by atoms with Crippen LogP contribution in [0.3, 0.4) is 0 Å². The number of hydrogen-bond donors (Lipinski definition) is 5. The molecule has 0 fully saturated rings. The number of unbranched alkanes of at least 4 members (excludes halogenated alkanes) is 4. The van der Waals surface area contributed by atoms with E-state index in [1.54, 1.807) is 165 Å². The summed E-state index contributed by atoms with van der Waals surface area (Å²) < 4.78 is 25.2. The highest BCUT2D eigenvalue weighted by molar-refractivity contribution is 5.89. The summed E-state index contributed by atoms with van der Waals surface area (Å²) in [7, 11) is 0. The molecule has 11 rings (SSSR count). The molecule has 0 aliphatic carbocycles. The second-order valence-corrected chi connectivity index (χ2v) is 29.4. The summed E-state index contributed by atoms with van der Waals surface area (Å²) >= 11 is 0. The van der Waals surface area contributed by atoms with Gasteiger partial charge in [0.05, 0.1) is 100 Å². The highest BCUT2D eigenvalue weighted by Crippen LogP contribution is 2.36. The van der Waals surface area contributed by atoms with Crippen LogP contribution in [-0.2, 0) is 18.9 Å². The predicted octanol–water partition coefficient (Wildman–Crippen LogP) is 20.5. The zero-order valence-corrected chi connectivity index (χ0v) is 71.6. The molecule has 9 aromatic carbocycles. The van der Waals surface area contributed by atoms with E-state index in [1.807, 2.05) is 34.6 Å². The van der Waals surface area contributed by atoms with Crippen LogP contribution < -0.4 is 49.6 Å². The Balaban J connectivity index is 1.09. The minimum absolute atomic E-state index is 0.0145. The van der Waals surface area contributed by atoms with Gasteiger partial charge in [-0.15, -0.1) is 0 Å². The summed E-state index contributed by atoms with van der Waals surface area (Å²) in [6.07, 6.45) is 3.56. The van der Waals surface area contributed by atoms with E-state index in [-0.39, 0.29) is 88.7 Å². The number of aliphatic imine (C=N–C) groups is 8. The van der Waals surface area contributed by atoms with Gasteiger partial charge in [0.25, 0.3) is 5.56 Å². The maximum atomic E-state index is 16.1. The molecule has 2 heterocycles. The van der Waals surface area contributed by atoms with Crippen molar-refractivity contribution in [3.63, 3.8) is 0 Å². The number of anilines is 4. The number of hydrogen-bond acceptors (Lipinski definition) is 22. The number of aromatic hydroxyl groups is 1. The molecule has 0 spiro atoms. The molecule has 125 heavy (non-hydrogen) atoms. The number of amides is 4. The van der Waals surface area contributed by atoms with E-state index in [1.165, 1.54) is 54.6 Å². The van der Waals surface area contributed by atoms with Gasteiger partial charge in [-0.2, -0.15) is 39.9 Å². The largest absolute Gasteiger partial charge is 0.494 e. The fraction of sp³-hybridized carbons (Fsp3) is 0.266. The van der Waals surface area contributed by atoms with Crippen LogP contribution in [0.15, 0.2) is 228 Å². The van der Waals surface area contributed by atoms with E-state index < -0.39 is 64.1 Å². The fourth-order valence-corrected chi connectivity index (χ4v) is 12.7. The van der Waals surface area contributed by atoms with E-state index >= 15 is 24.0 Å². The SMILES string of the molecule is CCCCOC(=O)Nc1cc(N=C=Nc2ccc(C)c(-c3c(O)n(-c4cc(-n5c(=O)n(-c6ccc(C)c(N=C=Nc7ccc(C)c(NC(=O)OCCCC)c7)c6)c(=O)n(-c6ccc(C)c(N=C=Nc7ccc(C)c(NC(=O)OCCCC)c7)c6)c5=O)ccc4C)c(=O)n(-c4cc(N=C=Nc5ccc(C)c(NC(=O)OCCCC)c5)ccc4C)c3=O)c2)ccc1C. The van der Waals surface area contributed by atoms with Gasteiger partial charge in [0.15, 0.2) is 0 Å². The smallest absolute Gasteiger partial charge is 0.411 e. The van der Waals surface area contributed by atoms with Gasteiger partial charge >= 0.3 is 47.1 Å². The van der Waals surface area contributed by atoms with Gasteiger partial charge in [0.1, 0.15) is 29.6 Å². The van der Waals surface area contributed by atoms with Crippen LogP contribution in [0.1, 0.15) is 129 Å². The third-order valence-electron chi connectivity index (χ3n) is 20.1. The number of benzene rings is 9. The molecule has 0 bridgehead atoms. The van der Waals surface area contributed by atoms with Crippen molar-refractivity contribution < 1.29 is 43.2 Å². The highest BCUT2D eigenvalue weighted by atomic mass is 16.6. The normalized spacial score (nSPS) is 10.7. The van der Waals surface area contributed by atoms with Gasteiger partial charge in [0.2, 0.25) is 5.88 Å².